The smallest absolute Gasteiger partial charge is 0.407 e. The lowest BCUT2D eigenvalue weighted by atomic mass is 10.0. The van der Waals surface area contributed by atoms with E-state index in [4.69, 9.17) is 20.8 Å². The van der Waals surface area contributed by atoms with Gasteiger partial charge in [0.15, 0.2) is 5.69 Å². The molecular weight excluding hydrogens is 482 g/mol. The molecule has 4 rings (SSSR count). The largest absolute Gasteiger partial charge is 0.444 e. The van der Waals surface area contributed by atoms with Crippen LogP contribution in [0.4, 0.5) is 16.3 Å². The Morgan fingerprint density at radius 1 is 1.11 bits per heavy atom. The van der Waals surface area contributed by atoms with E-state index >= 15 is 0 Å². The lowest BCUT2D eigenvalue weighted by Gasteiger charge is -2.28. The van der Waals surface area contributed by atoms with Gasteiger partial charge in [0.1, 0.15) is 23.0 Å². The number of carbonyl (C=O) groups is 1. The van der Waals surface area contributed by atoms with Gasteiger partial charge in [0, 0.05) is 31.3 Å². The SMILES string of the molecule is [C-]#[N+]c1ccc(-c2ccc(CCNC(=O)OC(C)(C)C)cc2)c(Oc2cc(N3CCOCC3)nc(C)n2)c1. The minimum Gasteiger partial charge on any atom is -0.444 e. The number of aryl methyl sites for hydroxylation is 1. The predicted octanol–water partition coefficient (Wildman–Crippen LogP) is 5.70. The molecule has 0 aliphatic carbocycles. The first-order valence-electron chi connectivity index (χ1n) is 12.6. The van der Waals surface area contributed by atoms with Crippen molar-refractivity contribution in [3.8, 4) is 22.8 Å². The number of alkyl carbamates (subject to hydrolysis) is 1. The zero-order valence-electron chi connectivity index (χ0n) is 22.3. The van der Waals surface area contributed by atoms with Gasteiger partial charge in [0.25, 0.3) is 0 Å². The molecule has 1 saturated heterocycles. The van der Waals surface area contributed by atoms with Crippen LogP contribution in [-0.2, 0) is 15.9 Å². The van der Waals surface area contributed by atoms with Crippen LogP contribution in [0.3, 0.4) is 0 Å². The molecule has 2 aromatic carbocycles. The molecule has 0 saturated carbocycles. The van der Waals surface area contributed by atoms with Gasteiger partial charge >= 0.3 is 6.09 Å². The highest BCUT2D eigenvalue weighted by Crippen LogP contribution is 2.37. The number of hydrogen-bond donors (Lipinski definition) is 1. The highest BCUT2D eigenvalue weighted by Gasteiger charge is 2.17. The van der Waals surface area contributed by atoms with Gasteiger partial charge in [-0.1, -0.05) is 36.4 Å². The zero-order valence-corrected chi connectivity index (χ0v) is 22.3. The number of amides is 1. The van der Waals surface area contributed by atoms with Gasteiger partial charge < -0.3 is 24.4 Å². The number of benzene rings is 2. The number of nitrogens with zero attached hydrogens (tertiary/aromatic N) is 4. The zero-order chi connectivity index (χ0) is 27.1. The van der Waals surface area contributed by atoms with E-state index in [1.165, 1.54) is 0 Å². The van der Waals surface area contributed by atoms with E-state index in [1.807, 2.05) is 64.1 Å². The van der Waals surface area contributed by atoms with Crippen LogP contribution in [0.15, 0.2) is 48.5 Å². The van der Waals surface area contributed by atoms with Crippen LogP contribution < -0.4 is 15.0 Å². The summed E-state index contributed by atoms with van der Waals surface area (Å²) in [6.07, 6.45) is 0.247. The van der Waals surface area contributed by atoms with Crippen LogP contribution in [0.25, 0.3) is 16.0 Å². The van der Waals surface area contributed by atoms with Crippen LogP contribution >= 0.6 is 0 Å². The number of hydrogen-bond acceptors (Lipinski definition) is 7. The molecule has 1 amide bonds. The Hall–Kier alpha value is -4.16. The van der Waals surface area contributed by atoms with Gasteiger partial charge in [0.2, 0.25) is 5.88 Å². The van der Waals surface area contributed by atoms with E-state index in [1.54, 1.807) is 12.1 Å². The fourth-order valence-electron chi connectivity index (χ4n) is 4.02. The lowest BCUT2D eigenvalue weighted by molar-refractivity contribution is 0.0528. The monoisotopic (exact) mass is 515 g/mol. The standard InChI is InChI=1S/C29H33N5O4/c1-20-32-26(34-14-16-36-17-15-34)19-27(33-20)37-25-18-23(30-5)10-11-24(25)22-8-6-21(7-9-22)12-13-31-28(35)38-29(2,3)4/h6-11,18-19H,12-17H2,1-4H3,(H,31,35). The minimum absolute atomic E-state index is 0.423. The first-order chi connectivity index (χ1) is 18.2. The Morgan fingerprint density at radius 2 is 1.84 bits per heavy atom. The Kier molecular flexibility index (Phi) is 8.44. The fourth-order valence-corrected chi connectivity index (χ4v) is 4.02. The lowest BCUT2D eigenvalue weighted by Crippen LogP contribution is -2.36. The molecule has 1 aliphatic heterocycles. The van der Waals surface area contributed by atoms with Crippen LogP contribution in [0.1, 0.15) is 32.2 Å². The van der Waals surface area contributed by atoms with E-state index in [-0.39, 0.29) is 0 Å². The van der Waals surface area contributed by atoms with E-state index in [0.717, 1.165) is 35.6 Å². The third-order valence-electron chi connectivity index (χ3n) is 5.79. The van der Waals surface area contributed by atoms with Gasteiger partial charge in [-0.2, -0.15) is 4.98 Å². The molecule has 38 heavy (non-hydrogen) atoms. The average molecular weight is 516 g/mol. The van der Waals surface area contributed by atoms with Crippen molar-refractivity contribution in [3.63, 3.8) is 0 Å². The molecule has 0 spiro atoms. The summed E-state index contributed by atoms with van der Waals surface area (Å²) >= 11 is 0. The number of nitrogens with one attached hydrogen (secondary N) is 1. The van der Waals surface area contributed by atoms with Gasteiger partial charge in [-0.15, -0.1) is 0 Å². The molecule has 1 fully saturated rings. The van der Waals surface area contributed by atoms with Crippen molar-refractivity contribution in [3.05, 3.63) is 71.3 Å². The van der Waals surface area contributed by atoms with Crippen LogP contribution in [0.5, 0.6) is 11.6 Å². The van der Waals surface area contributed by atoms with Crippen LogP contribution in [-0.4, -0.2) is 54.5 Å². The van der Waals surface area contributed by atoms with Gasteiger partial charge in [-0.25, -0.2) is 14.6 Å². The molecule has 0 unspecified atom stereocenters. The second kappa shape index (κ2) is 11.9. The van der Waals surface area contributed by atoms with Crippen molar-refractivity contribution in [2.24, 2.45) is 0 Å². The quantitative estimate of drug-likeness (QED) is 0.404. The molecule has 0 atom stereocenters. The van der Waals surface area contributed by atoms with Crippen molar-refractivity contribution >= 4 is 17.6 Å². The molecule has 9 nitrogen and oxygen atoms in total. The molecule has 9 heteroatoms. The van der Waals surface area contributed by atoms with Crippen molar-refractivity contribution in [1.82, 2.24) is 15.3 Å². The number of aromatic nitrogens is 2. The number of rotatable bonds is 7. The number of carbonyl (C=O) groups excluding carboxylic acids is 1. The van der Waals surface area contributed by atoms with Crippen molar-refractivity contribution < 1.29 is 19.0 Å². The van der Waals surface area contributed by atoms with Crippen molar-refractivity contribution in [2.45, 2.75) is 39.7 Å². The maximum Gasteiger partial charge on any atom is 0.407 e. The maximum atomic E-state index is 11.9. The molecule has 0 bridgehead atoms. The van der Waals surface area contributed by atoms with Crippen molar-refractivity contribution in [2.75, 3.05) is 37.7 Å². The number of morpholine rings is 1. The van der Waals surface area contributed by atoms with Gasteiger partial charge in [0.05, 0.1) is 19.8 Å². The van der Waals surface area contributed by atoms with Crippen LogP contribution in [0.2, 0.25) is 0 Å². The molecule has 0 radical (unpaired) electrons. The van der Waals surface area contributed by atoms with E-state index in [9.17, 15) is 4.79 Å². The van der Waals surface area contributed by atoms with Gasteiger partial charge in [-0.3, -0.25) is 0 Å². The summed E-state index contributed by atoms with van der Waals surface area (Å²) in [5.74, 6) is 2.37. The van der Waals surface area contributed by atoms with E-state index in [0.29, 0.717) is 49.3 Å². The Balaban J connectivity index is 1.50. The van der Waals surface area contributed by atoms with E-state index < -0.39 is 11.7 Å². The third kappa shape index (κ3) is 7.43. The van der Waals surface area contributed by atoms with Crippen molar-refractivity contribution in [1.29, 1.82) is 0 Å². The minimum atomic E-state index is -0.525. The summed E-state index contributed by atoms with van der Waals surface area (Å²) < 4.78 is 17.0. The fraction of sp³-hybridized carbons (Fsp3) is 0.379. The predicted molar refractivity (Wildman–Crippen MR) is 146 cm³/mol. The molecule has 1 N–H and O–H groups in total. The highest BCUT2D eigenvalue weighted by molar-refractivity contribution is 5.74. The summed E-state index contributed by atoms with van der Waals surface area (Å²) in [6, 6.07) is 15.3. The molecule has 1 aromatic heterocycles. The first kappa shape index (κ1) is 26.9. The normalized spacial score (nSPS) is 13.5. The Labute approximate surface area is 223 Å². The van der Waals surface area contributed by atoms with E-state index in [2.05, 4.69) is 25.0 Å². The summed E-state index contributed by atoms with van der Waals surface area (Å²) in [7, 11) is 0. The first-order valence-corrected chi connectivity index (χ1v) is 12.6. The summed E-state index contributed by atoms with van der Waals surface area (Å²) in [5, 5.41) is 2.78. The summed E-state index contributed by atoms with van der Waals surface area (Å²) in [4.78, 5) is 26.7. The second-order valence-corrected chi connectivity index (χ2v) is 9.98. The van der Waals surface area contributed by atoms with Gasteiger partial charge in [-0.05, 0) is 51.3 Å². The molecule has 198 valence electrons. The Morgan fingerprint density at radius 3 is 2.53 bits per heavy atom. The number of anilines is 1. The second-order valence-electron chi connectivity index (χ2n) is 9.98. The molecular formula is C29H33N5O4. The Bertz CT molecular complexity index is 1310. The van der Waals surface area contributed by atoms with Crippen LogP contribution in [0, 0.1) is 13.5 Å². The summed E-state index contributed by atoms with van der Waals surface area (Å²) in [6.45, 7) is 18.1. The topological polar surface area (TPSA) is 90.2 Å². The maximum absolute atomic E-state index is 11.9. The number of ether oxygens (including phenoxy) is 3. The average Bonchev–Trinajstić information content (AvgIpc) is 2.88. The summed E-state index contributed by atoms with van der Waals surface area (Å²) in [5.41, 5.74) is 2.82. The molecule has 1 aliphatic rings. The third-order valence-corrected chi connectivity index (χ3v) is 5.79. The highest BCUT2D eigenvalue weighted by atomic mass is 16.6. The molecule has 3 aromatic rings. The molecule has 2 heterocycles.